The van der Waals surface area contributed by atoms with Gasteiger partial charge in [-0.15, -0.1) is 24.0 Å². The molecule has 132 valence electrons. The Balaban J connectivity index is 0.00000288. The first-order valence-corrected chi connectivity index (χ1v) is 7.59. The summed E-state index contributed by atoms with van der Waals surface area (Å²) in [7, 11) is 3.46. The summed E-state index contributed by atoms with van der Waals surface area (Å²) in [6.07, 6.45) is 0. The van der Waals surface area contributed by atoms with Crippen LogP contribution < -0.4 is 10.6 Å². The van der Waals surface area contributed by atoms with E-state index in [1.54, 1.807) is 23.7 Å². The summed E-state index contributed by atoms with van der Waals surface area (Å²) in [5, 5.41) is 16.3. The topological polar surface area (TPSA) is 61.6 Å². The molecule has 2 rings (SSSR count). The van der Waals surface area contributed by atoms with Gasteiger partial charge in [-0.3, -0.25) is 4.99 Å². The quantitative estimate of drug-likeness (QED) is 0.351. The van der Waals surface area contributed by atoms with Crippen molar-refractivity contribution in [3.05, 3.63) is 51.5 Å². The molecule has 0 atom stereocenters. The maximum Gasteiger partial charge on any atom is 0.191 e. The molecule has 0 radical (unpaired) electrons. The van der Waals surface area contributed by atoms with Crippen LogP contribution >= 0.6 is 47.2 Å². The first-order chi connectivity index (χ1) is 10.9. The molecule has 24 heavy (non-hydrogen) atoms. The minimum atomic E-state index is -0.652. The fourth-order valence-electron chi connectivity index (χ4n) is 2.00. The summed E-state index contributed by atoms with van der Waals surface area (Å²) in [5.74, 6) is -0.471. The molecule has 0 aliphatic rings. The predicted octanol–water partition coefficient (Wildman–Crippen LogP) is 3.66. The number of hydrogen-bond donors (Lipinski definition) is 3. The molecule has 3 N–H and O–H groups in total. The van der Waals surface area contributed by atoms with Crippen molar-refractivity contribution >= 4 is 53.1 Å². The number of hydrogen-bond acceptors (Lipinski definition) is 2. The summed E-state index contributed by atoms with van der Waals surface area (Å²) in [6, 6.07) is 6.00. The lowest BCUT2D eigenvalue weighted by Crippen LogP contribution is -2.36. The zero-order chi connectivity index (χ0) is 17.0. The highest BCUT2D eigenvalue weighted by molar-refractivity contribution is 14.0. The summed E-state index contributed by atoms with van der Waals surface area (Å²) in [4.78, 5) is 4.09. The molecule has 0 aliphatic heterocycles. The van der Waals surface area contributed by atoms with Crippen molar-refractivity contribution in [2.45, 2.75) is 13.1 Å². The van der Waals surface area contributed by atoms with Crippen molar-refractivity contribution < 1.29 is 9.50 Å². The first kappa shape index (κ1) is 20.9. The Hall–Kier alpha value is -1.19. The van der Waals surface area contributed by atoms with Gasteiger partial charge in [-0.25, -0.2) is 4.39 Å². The van der Waals surface area contributed by atoms with E-state index in [2.05, 4.69) is 15.6 Å². The Labute approximate surface area is 166 Å². The second-order valence-electron chi connectivity index (χ2n) is 4.90. The molecule has 0 aliphatic carbocycles. The van der Waals surface area contributed by atoms with E-state index < -0.39 is 5.82 Å². The third-order valence-electron chi connectivity index (χ3n) is 3.35. The van der Waals surface area contributed by atoms with Crippen molar-refractivity contribution in [1.29, 1.82) is 0 Å². The van der Waals surface area contributed by atoms with Gasteiger partial charge in [0.25, 0.3) is 0 Å². The number of phenols is 1. The van der Waals surface area contributed by atoms with Gasteiger partial charge >= 0.3 is 0 Å². The van der Waals surface area contributed by atoms with Gasteiger partial charge in [0, 0.05) is 26.3 Å². The number of nitrogens with zero attached hydrogens (tertiary/aromatic N) is 2. The molecule has 1 aromatic heterocycles. The van der Waals surface area contributed by atoms with Crippen molar-refractivity contribution in [3.63, 3.8) is 0 Å². The second kappa shape index (κ2) is 9.33. The van der Waals surface area contributed by atoms with Gasteiger partial charge in [-0.2, -0.15) is 0 Å². The molecular formula is C15H18Cl2FIN4O. The molecule has 0 saturated carbocycles. The zero-order valence-corrected chi connectivity index (χ0v) is 16.9. The Kier molecular flexibility index (Phi) is 8.11. The van der Waals surface area contributed by atoms with Crippen molar-refractivity contribution in [3.8, 4) is 5.75 Å². The van der Waals surface area contributed by atoms with E-state index in [0.29, 0.717) is 34.8 Å². The number of aromatic hydroxyl groups is 1. The number of phenolic OH excluding ortho intramolecular Hbond substituents is 1. The van der Waals surface area contributed by atoms with Crippen LogP contribution in [0.15, 0.2) is 29.3 Å². The van der Waals surface area contributed by atoms with Gasteiger partial charge in [0.2, 0.25) is 0 Å². The lowest BCUT2D eigenvalue weighted by Gasteiger charge is -2.12. The zero-order valence-electron chi connectivity index (χ0n) is 13.1. The van der Waals surface area contributed by atoms with Crippen LogP contribution in [0.1, 0.15) is 11.3 Å². The highest BCUT2D eigenvalue weighted by Gasteiger charge is 2.09. The van der Waals surface area contributed by atoms with Gasteiger partial charge in [-0.05, 0) is 23.8 Å². The number of aliphatic imine (C=N–C) groups is 1. The highest BCUT2D eigenvalue weighted by Crippen LogP contribution is 2.24. The molecule has 0 unspecified atom stereocenters. The van der Waals surface area contributed by atoms with Crippen LogP contribution in [0.2, 0.25) is 10.2 Å². The lowest BCUT2D eigenvalue weighted by atomic mass is 10.2. The molecule has 5 nitrogen and oxygen atoms in total. The van der Waals surface area contributed by atoms with Crippen LogP contribution in [0.5, 0.6) is 5.75 Å². The number of rotatable bonds is 4. The number of nitrogens with one attached hydrogen (secondary N) is 2. The fourth-order valence-corrected chi connectivity index (χ4v) is 2.42. The van der Waals surface area contributed by atoms with E-state index in [1.807, 2.05) is 7.05 Å². The van der Waals surface area contributed by atoms with Gasteiger partial charge in [0.15, 0.2) is 17.5 Å². The molecule has 0 amide bonds. The van der Waals surface area contributed by atoms with Crippen molar-refractivity contribution in [1.82, 2.24) is 15.2 Å². The van der Waals surface area contributed by atoms with Crippen LogP contribution in [0, 0.1) is 5.82 Å². The average Bonchev–Trinajstić information content (AvgIpc) is 2.78. The van der Waals surface area contributed by atoms with Crippen molar-refractivity contribution in [2.24, 2.45) is 12.0 Å². The van der Waals surface area contributed by atoms with E-state index in [-0.39, 0.29) is 29.7 Å². The third-order valence-corrected chi connectivity index (χ3v) is 4.19. The number of guanidine groups is 1. The molecule has 2 aromatic rings. The smallest absolute Gasteiger partial charge is 0.191 e. The monoisotopic (exact) mass is 486 g/mol. The van der Waals surface area contributed by atoms with Crippen LogP contribution in [-0.2, 0) is 20.1 Å². The molecule has 9 heteroatoms. The molecule has 1 aromatic carbocycles. The van der Waals surface area contributed by atoms with Gasteiger partial charge in [-0.1, -0.05) is 29.3 Å². The maximum atomic E-state index is 13.3. The van der Waals surface area contributed by atoms with Gasteiger partial charge in [0.1, 0.15) is 5.15 Å². The van der Waals surface area contributed by atoms with Crippen LogP contribution in [0.25, 0.3) is 0 Å². The standard InChI is InChI=1S/C15H17Cl2FN4O.HI/c1-19-15(20-7-9-3-4-13(23)12(18)5-9)21-8-10-6-11(16)14(17)22(10)2;/h3-6,23H,7-8H2,1-2H3,(H2,19,20,21);1H. The Morgan fingerprint density at radius 1 is 1.25 bits per heavy atom. The van der Waals surface area contributed by atoms with Gasteiger partial charge < -0.3 is 20.3 Å². The van der Waals surface area contributed by atoms with Crippen molar-refractivity contribution in [2.75, 3.05) is 7.05 Å². The summed E-state index contributed by atoms with van der Waals surface area (Å²) in [5.41, 5.74) is 1.59. The van der Waals surface area contributed by atoms with E-state index in [1.165, 1.54) is 12.1 Å². The third kappa shape index (κ3) is 5.15. The van der Waals surface area contributed by atoms with E-state index in [4.69, 9.17) is 23.2 Å². The molecule has 0 bridgehead atoms. The SMILES string of the molecule is CN=C(NCc1ccc(O)c(F)c1)NCc1cc(Cl)c(Cl)n1C.I. The normalized spacial score (nSPS) is 11.1. The number of aromatic nitrogens is 1. The van der Waals surface area contributed by atoms with E-state index in [9.17, 15) is 9.50 Å². The fraction of sp³-hybridized carbons (Fsp3) is 0.267. The molecule has 1 heterocycles. The molecule has 0 spiro atoms. The molecule has 0 fully saturated rings. The molecular weight excluding hydrogens is 469 g/mol. The summed E-state index contributed by atoms with van der Waals surface area (Å²) < 4.78 is 15.1. The number of benzene rings is 1. The van der Waals surface area contributed by atoms with Crippen LogP contribution in [-0.4, -0.2) is 22.7 Å². The predicted molar refractivity (Wildman–Crippen MR) is 106 cm³/mol. The Morgan fingerprint density at radius 2 is 1.92 bits per heavy atom. The van der Waals surface area contributed by atoms with E-state index >= 15 is 0 Å². The average molecular weight is 487 g/mol. The Bertz CT molecular complexity index is 737. The largest absolute Gasteiger partial charge is 0.505 e. The number of halogens is 4. The second-order valence-corrected chi connectivity index (χ2v) is 5.66. The first-order valence-electron chi connectivity index (χ1n) is 6.84. The van der Waals surface area contributed by atoms with Crippen LogP contribution in [0.3, 0.4) is 0 Å². The maximum absolute atomic E-state index is 13.3. The molecule has 0 saturated heterocycles. The van der Waals surface area contributed by atoms with Crippen LogP contribution in [0.4, 0.5) is 4.39 Å². The Morgan fingerprint density at radius 3 is 2.46 bits per heavy atom. The minimum Gasteiger partial charge on any atom is -0.505 e. The summed E-state index contributed by atoms with van der Waals surface area (Å²) in [6.45, 7) is 0.845. The highest BCUT2D eigenvalue weighted by atomic mass is 127. The van der Waals surface area contributed by atoms with E-state index in [0.717, 1.165) is 5.69 Å². The summed E-state index contributed by atoms with van der Waals surface area (Å²) >= 11 is 12.0. The minimum absolute atomic E-state index is 0. The van der Waals surface area contributed by atoms with Gasteiger partial charge in [0.05, 0.1) is 11.6 Å². The lowest BCUT2D eigenvalue weighted by molar-refractivity contribution is 0.431.